The van der Waals surface area contributed by atoms with Crippen LogP contribution in [0.2, 0.25) is 0 Å². The molecule has 0 unspecified atom stereocenters. The molecular weight excluding hydrogens is 440 g/mol. The van der Waals surface area contributed by atoms with Crippen LogP contribution in [0.1, 0.15) is 24.0 Å². The zero-order valence-corrected chi connectivity index (χ0v) is 18.4. The Morgan fingerprint density at radius 2 is 2.09 bits per heavy atom. The van der Waals surface area contributed by atoms with Gasteiger partial charge in [-0.3, -0.25) is 0 Å². The van der Waals surface area contributed by atoms with Crippen molar-refractivity contribution in [2.45, 2.75) is 25.1 Å². The fourth-order valence-electron chi connectivity index (χ4n) is 4.05. The van der Waals surface area contributed by atoms with Gasteiger partial charge in [-0.15, -0.1) is 0 Å². The van der Waals surface area contributed by atoms with Gasteiger partial charge < -0.3 is 20.2 Å². The molecule has 0 aliphatic carbocycles. The molecular formula is C21H22F3N6OP. The number of anilines is 1. The molecule has 2 aromatic heterocycles. The molecule has 0 spiro atoms. The second kappa shape index (κ2) is 8.23. The van der Waals surface area contributed by atoms with Crippen molar-refractivity contribution in [1.29, 1.82) is 5.26 Å². The first-order valence-corrected chi connectivity index (χ1v) is 12.7. The largest absolute Gasteiger partial charge is 0.419 e. The van der Waals surface area contributed by atoms with Crippen LogP contribution in [-0.2, 0) is 10.7 Å². The van der Waals surface area contributed by atoms with E-state index in [0.717, 1.165) is 25.6 Å². The Bertz CT molecular complexity index is 1250. The number of nitriles is 1. The Morgan fingerprint density at radius 1 is 1.31 bits per heavy atom. The maximum Gasteiger partial charge on any atom is 0.419 e. The number of aromatic amines is 1. The average molecular weight is 462 g/mol. The highest BCUT2D eigenvalue weighted by Crippen LogP contribution is 2.42. The number of hydrogen-bond acceptors (Lipinski definition) is 6. The van der Waals surface area contributed by atoms with Gasteiger partial charge in [0.1, 0.15) is 12.7 Å². The van der Waals surface area contributed by atoms with Crippen LogP contribution in [0.25, 0.3) is 22.2 Å². The maximum absolute atomic E-state index is 13.8. The van der Waals surface area contributed by atoms with Gasteiger partial charge in [0.2, 0.25) is 5.95 Å². The summed E-state index contributed by atoms with van der Waals surface area (Å²) in [5.41, 5.74) is -0.426. The van der Waals surface area contributed by atoms with E-state index >= 15 is 0 Å². The van der Waals surface area contributed by atoms with Crippen molar-refractivity contribution in [1.82, 2.24) is 20.3 Å². The summed E-state index contributed by atoms with van der Waals surface area (Å²) in [5, 5.41) is 16.5. The van der Waals surface area contributed by atoms with E-state index in [2.05, 4.69) is 25.6 Å². The van der Waals surface area contributed by atoms with E-state index in [1.54, 1.807) is 6.07 Å². The average Bonchev–Trinajstić information content (AvgIpc) is 3.16. The Hall–Kier alpha value is -2.89. The molecule has 0 bridgehead atoms. The third-order valence-electron chi connectivity index (χ3n) is 5.47. The molecule has 3 N–H and O–H groups in total. The van der Waals surface area contributed by atoms with Crippen LogP contribution in [0.15, 0.2) is 24.5 Å². The van der Waals surface area contributed by atoms with E-state index in [-0.39, 0.29) is 28.8 Å². The quantitative estimate of drug-likeness (QED) is 0.508. The lowest BCUT2D eigenvalue weighted by Crippen LogP contribution is -2.38. The summed E-state index contributed by atoms with van der Waals surface area (Å²) in [6.45, 7) is 4.62. The van der Waals surface area contributed by atoms with Crippen molar-refractivity contribution in [2.75, 3.05) is 31.7 Å². The normalized spacial score (nSPS) is 17.3. The minimum atomic E-state index is -4.66. The molecule has 1 aliphatic rings. The van der Waals surface area contributed by atoms with Crippen molar-refractivity contribution >= 4 is 29.3 Å². The summed E-state index contributed by atoms with van der Waals surface area (Å²) in [7, 11) is -2.90. The highest BCUT2D eigenvalue weighted by atomic mass is 31.2. The number of nitrogens with one attached hydrogen (secondary N) is 3. The Morgan fingerprint density at radius 3 is 2.72 bits per heavy atom. The van der Waals surface area contributed by atoms with Gasteiger partial charge in [-0.2, -0.15) is 18.4 Å². The summed E-state index contributed by atoms with van der Waals surface area (Å²) in [6.07, 6.45) is -0.651. The van der Waals surface area contributed by atoms with Gasteiger partial charge in [0.05, 0.1) is 28.1 Å². The van der Waals surface area contributed by atoms with Crippen LogP contribution in [0.5, 0.6) is 0 Å². The number of H-pyrrole nitrogens is 1. The van der Waals surface area contributed by atoms with Crippen molar-refractivity contribution in [2.24, 2.45) is 0 Å². The monoisotopic (exact) mass is 462 g/mol. The molecule has 0 amide bonds. The number of piperidine rings is 1. The molecule has 1 saturated heterocycles. The van der Waals surface area contributed by atoms with Crippen molar-refractivity contribution in [3.63, 3.8) is 0 Å². The molecule has 0 saturated carbocycles. The zero-order chi connectivity index (χ0) is 23.1. The highest BCUT2D eigenvalue weighted by molar-refractivity contribution is 7.70. The number of rotatable bonds is 4. The second-order valence-corrected chi connectivity index (χ2v) is 11.3. The standard InChI is InChI=1S/C21H22F3N6OP/c1-32(2,31)19-12(8-25)5-6-14-15(10-27-18(14)19)17-16(21(22,23)24)11-28-20(30-17)29-13-4-3-7-26-9-13/h5-6,10-11,13,26-27H,3-4,7,9H2,1-2H3,(H,28,29,30)/t13-/m1/s1. The highest BCUT2D eigenvalue weighted by Gasteiger charge is 2.36. The minimum Gasteiger partial charge on any atom is -0.360 e. The molecule has 11 heteroatoms. The zero-order valence-electron chi connectivity index (χ0n) is 17.5. The predicted molar refractivity (Wildman–Crippen MR) is 118 cm³/mol. The van der Waals surface area contributed by atoms with Gasteiger partial charge in [0.15, 0.2) is 0 Å². The van der Waals surface area contributed by atoms with Crippen LogP contribution in [0, 0.1) is 11.3 Å². The van der Waals surface area contributed by atoms with Gasteiger partial charge in [-0.25, -0.2) is 9.97 Å². The summed E-state index contributed by atoms with van der Waals surface area (Å²) in [4.78, 5) is 11.1. The Balaban J connectivity index is 1.89. The molecule has 0 radical (unpaired) electrons. The lowest BCUT2D eigenvalue weighted by atomic mass is 10.0. The summed E-state index contributed by atoms with van der Waals surface area (Å²) < 4.78 is 54.3. The van der Waals surface area contributed by atoms with Crippen LogP contribution in [0.3, 0.4) is 0 Å². The molecule has 3 heterocycles. The fourth-order valence-corrected chi connectivity index (χ4v) is 5.48. The topological polar surface area (TPSA) is 106 Å². The molecule has 7 nitrogen and oxygen atoms in total. The molecule has 32 heavy (non-hydrogen) atoms. The second-order valence-electron chi connectivity index (χ2n) is 8.19. The third-order valence-corrected chi connectivity index (χ3v) is 7.01. The van der Waals surface area contributed by atoms with E-state index in [9.17, 15) is 23.0 Å². The van der Waals surface area contributed by atoms with Crippen molar-refractivity contribution < 1.29 is 17.7 Å². The van der Waals surface area contributed by atoms with Gasteiger partial charge in [-0.1, -0.05) is 6.07 Å². The molecule has 3 aromatic rings. The van der Waals surface area contributed by atoms with E-state index in [4.69, 9.17) is 0 Å². The Kier molecular flexibility index (Phi) is 5.74. The number of hydrogen-bond donors (Lipinski definition) is 3. The molecule has 1 fully saturated rings. The molecule has 1 atom stereocenters. The number of nitrogens with zero attached hydrogens (tertiary/aromatic N) is 3. The van der Waals surface area contributed by atoms with Gasteiger partial charge in [-0.05, 0) is 38.8 Å². The lowest BCUT2D eigenvalue weighted by Gasteiger charge is -2.24. The minimum absolute atomic E-state index is 0.0205. The SMILES string of the molecule is CP(C)(=O)c1c(C#N)ccc2c(-c3nc(N[C@@H]4CCCNC4)ncc3C(F)(F)F)c[nH]c12. The first kappa shape index (κ1) is 22.3. The van der Waals surface area contributed by atoms with Crippen molar-refractivity contribution in [3.05, 3.63) is 35.7 Å². The number of benzene rings is 1. The van der Waals surface area contributed by atoms with Crippen molar-refractivity contribution in [3.8, 4) is 17.3 Å². The van der Waals surface area contributed by atoms with Gasteiger partial charge >= 0.3 is 6.18 Å². The van der Waals surface area contributed by atoms with Gasteiger partial charge in [0, 0.05) is 35.9 Å². The number of aromatic nitrogens is 3. The van der Waals surface area contributed by atoms with E-state index in [1.807, 2.05) is 6.07 Å². The van der Waals surface area contributed by atoms with Crippen LogP contribution >= 0.6 is 7.14 Å². The van der Waals surface area contributed by atoms with Crippen LogP contribution < -0.4 is 15.9 Å². The molecule has 1 aromatic carbocycles. The molecule has 168 valence electrons. The molecule has 4 rings (SSSR count). The first-order valence-electron chi connectivity index (χ1n) is 10.1. The fraction of sp³-hybridized carbons (Fsp3) is 0.381. The Labute approximate surface area is 182 Å². The van der Waals surface area contributed by atoms with E-state index < -0.39 is 18.9 Å². The smallest absolute Gasteiger partial charge is 0.360 e. The third kappa shape index (κ3) is 4.23. The predicted octanol–water partition coefficient (Wildman–Crippen LogP) is 3.93. The lowest BCUT2D eigenvalue weighted by molar-refractivity contribution is -0.137. The number of halogens is 3. The van der Waals surface area contributed by atoms with E-state index in [1.165, 1.54) is 25.6 Å². The number of alkyl halides is 3. The van der Waals surface area contributed by atoms with Crippen LogP contribution in [0.4, 0.5) is 19.1 Å². The first-order chi connectivity index (χ1) is 15.1. The maximum atomic E-state index is 13.8. The molecule has 1 aliphatic heterocycles. The van der Waals surface area contributed by atoms with Gasteiger partial charge in [0.25, 0.3) is 0 Å². The number of fused-ring (bicyclic) bond motifs is 1. The van der Waals surface area contributed by atoms with E-state index in [0.29, 0.717) is 22.8 Å². The van der Waals surface area contributed by atoms with Crippen LogP contribution in [-0.4, -0.2) is 47.4 Å². The summed E-state index contributed by atoms with van der Waals surface area (Å²) in [6, 6.07) is 5.08. The summed E-state index contributed by atoms with van der Waals surface area (Å²) >= 11 is 0. The summed E-state index contributed by atoms with van der Waals surface area (Å²) in [5.74, 6) is 0.113.